The van der Waals surface area contributed by atoms with E-state index in [2.05, 4.69) is 21.5 Å². The van der Waals surface area contributed by atoms with E-state index in [1.165, 1.54) is 12.1 Å². The number of urea groups is 1. The van der Waals surface area contributed by atoms with E-state index >= 15 is 0 Å². The van der Waals surface area contributed by atoms with Crippen molar-refractivity contribution in [1.82, 2.24) is 16.2 Å². The Kier molecular flexibility index (Phi) is 3.78. The lowest BCUT2D eigenvalue weighted by Gasteiger charge is -2.19. The Bertz CT molecular complexity index is 430. The standard InChI is InChI=1S/C12H17FN4O/c1-7-11(8(2)17-16-7)15-12(18)14-10-5-3-4-9(13)6-10/h3-8,11,16-17H,1-2H3,(H2,14,15,18). The summed E-state index contributed by atoms with van der Waals surface area (Å²) in [5.41, 5.74) is 6.53. The first-order chi connectivity index (χ1) is 8.56. The number of benzene rings is 1. The van der Waals surface area contributed by atoms with Crippen molar-refractivity contribution in [2.45, 2.75) is 32.0 Å². The largest absolute Gasteiger partial charge is 0.332 e. The molecular weight excluding hydrogens is 235 g/mol. The molecule has 1 fully saturated rings. The SMILES string of the molecule is CC1NNC(C)C1NC(=O)Nc1cccc(F)c1. The summed E-state index contributed by atoms with van der Waals surface area (Å²) in [6.07, 6.45) is 0. The van der Waals surface area contributed by atoms with Gasteiger partial charge in [-0.1, -0.05) is 6.07 Å². The van der Waals surface area contributed by atoms with Gasteiger partial charge in [0.15, 0.2) is 0 Å². The van der Waals surface area contributed by atoms with Crippen molar-refractivity contribution in [2.24, 2.45) is 0 Å². The Balaban J connectivity index is 1.93. The van der Waals surface area contributed by atoms with E-state index in [1.807, 2.05) is 13.8 Å². The maximum Gasteiger partial charge on any atom is 0.319 e. The van der Waals surface area contributed by atoms with Gasteiger partial charge < -0.3 is 10.6 Å². The fourth-order valence-corrected chi connectivity index (χ4v) is 2.01. The quantitative estimate of drug-likeness (QED) is 0.639. The van der Waals surface area contributed by atoms with Gasteiger partial charge in [-0.3, -0.25) is 10.9 Å². The number of nitrogens with one attached hydrogen (secondary N) is 4. The molecule has 0 saturated carbocycles. The van der Waals surface area contributed by atoms with Crippen LogP contribution >= 0.6 is 0 Å². The molecule has 4 N–H and O–H groups in total. The van der Waals surface area contributed by atoms with Crippen molar-refractivity contribution in [3.8, 4) is 0 Å². The smallest absolute Gasteiger partial charge is 0.319 e. The van der Waals surface area contributed by atoms with Gasteiger partial charge in [-0.2, -0.15) is 0 Å². The van der Waals surface area contributed by atoms with Crippen LogP contribution in [0.15, 0.2) is 24.3 Å². The van der Waals surface area contributed by atoms with E-state index in [1.54, 1.807) is 12.1 Å². The number of amides is 2. The molecule has 2 rings (SSSR count). The Morgan fingerprint density at radius 3 is 2.56 bits per heavy atom. The molecule has 5 nitrogen and oxygen atoms in total. The molecule has 0 bridgehead atoms. The molecule has 0 aromatic heterocycles. The van der Waals surface area contributed by atoms with Gasteiger partial charge in [0.1, 0.15) is 5.82 Å². The molecule has 6 heteroatoms. The predicted molar refractivity (Wildman–Crippen MR) is 67.5 cm³/mol. The Morgan fingerprint density at radius 1 is 1.28 bits per heavy atom. The first kappa shape index (κ1) is 12.8. The predicted octanol–water partition coefficient (Wildman–Crippen LogP) is 1.20. The van der Waals surface area contributed by atoms with E-state index in [4.69, 9.17) is 0 Å². The van der Waals surface area contributed by atoms with Crippen LogP contribution in [0, 0.1) is 5.82 Å². The first-order valence-corrected chi connectivity index (χ1v) is 5.90. The maximum absolute atomic E-state index is 13.0. The summed E-state index contributed by atoms with van der Waals surface area (Å²) in [4.78, 5) is 11.8. The molecule has 18 heavy (non-hydrogen) atoms. The lowest BCUT2D eigenvalue weighted by molar-refractivity contribution is 0.246. The third-order valence-electron chi connectivity index (χ3n) is 3.00. The monoisotopic (exact) mass is 252 g/mol. The molecule has 98 valence electrons. The van der Waals surface area contributed by atoms with Crippen molar-refractivity contribution < 1.29 is 9.18 Å². The van der Waals surface area contributed by atoms with E-state index in [9.17, 15) is 9.18 Å². The molecule has 2 amide bonds. The topological polar surface area (TPSA) is 65.2 Å². The first-order valence-electron chi connectivity index (χ1n) is 5.90. The van der Waals surface area contributed by atoms with Gasteiger partial charge in [0.25, 0.3) is 0 Å². The van der Waals surface area contributed by atoms with Gasteiger partial charge in [0.2, 0.25) is 0 Å². The van der Waals surface area contributed by atoms with Gasteiger partial charge in [-0.15, -0.1) is 0 Å². The van der Waals surface area contributed by atoms with Gasteiger partial charge in [0.05, 0.1) is 6.04 Å². The molecule has 0 aliphatic carbocycles. The van der Waals surface area contributed by atoms with Crippen molar-refractivity contribution in [1.29, 1.82) is 0 Å². The number of hydrogen-bond donors (Lipinski definition) is 4. The highest BCUT2D eigenvalue weighted by Gasteiger charge is 2.30. The fourth-order valence-electron chi connectivity index (χ4n) is 2.01. The average Bonchev–Trinajstić information content (AvgIpc) is 2.61. The van der Waals surface area contributed by atoms with Crippen LogP contribution in [0.2, 0.25) is 0 Å². The summed E-state index contributed by atoms with van der Waals surface area (Å²) in [5.74, 6) is -0.376. The summed E-state index contributed by atoms with van der Waals surface area (Å²) in [7, 11) is 0. The maximum atomic E-state index is 13.0. The number of anilines is 1. The van der Waals surface area contributed by atoms with Gasteiger partial charge in [-0.05, 0) is 32.0 Å². The zero-order chi connectivity index (χ0) is 13.1. The van der Waals surface area contributed by atoms with Crippen LogP contribution in [0.1, 0.15) is 13.8 Å². The average molecular weight is 252 g/mol. The number of rotatable bonds is 2. The fraction of sp³-hybridized carbons (Fsp3) is 0.417. The second kappa shape index (κ2) is 5.32. The Morgan fingerprint density at radius 2 is 1.94 bits per heavy atom. The van der Waals surface area contributed by atoms with Crippen LogP contribution < -0.4 is 21.5 Å². The minimum absolute atomic E-state index is 0.0152. The van der Waals surface area contributed by atoms with Gasteiger partial charge in [-0.25, -0.2) is 9.18 Å². The number of hydrazine groups is 1. The highest BCUT2D eigenvalue weighted by molar-refractivity contribution is 5.89. The van der Waals surface area contributed by atoms with Crippen LogP contribution in [0.3, 0.4) is 0 Å². The van der Waals surface area contributed by atoms with Gasteiger partial charge in [0, 0.05) is 17.8 Å². The minimum Gasteiger partial charge on any atom is -0.332 e. The summed E-state index contributed by atoms with van der Waals surface area (Å²) in [6.45, 7) is 3.95. The summed E-state index contributed by atoms with van der Waals surface area (Å²) < 4.78 is 13.0. The molecule has 1 aromatic carbocycles. The Hall–Kier alpha value is -1.66. The molecular formula is C12H17FN4O. The highest BCUT2D eigenvalue weighted by atomic mass is 19.1. The lowest BCUT2D eigenvalue weighted by Crippen LogP contribution is -2.47. The van der Waals surface area contributed by atoms with Crippen LogP contribution in [0.5, 0.6) is 0 Å². The summed E-state index contributed by atoms with van der Waals surface area (Å²) in [6, 6.07) is 5.72. The second-order valence-corrected chi connectivity index (χ2v) is 4.50. The lowest BCUT2D eigenvalue weighted by atomic mass is 10.1. The van der Waals surface area contributed by atoms with Crippen LogP contribution in [-0.2, 0) is 0 Å². The zero-order valence-electron chi connectivity index (χ0n) is 10.3. The minimum atomic E-state index is -0.376. The normalized spacial score (nSPS) is 26.9. The zero-order valence-corrected chi connectivity index (χ0v) is 10.3. The molecule has 1 heterocycles. The van der Waals surface area contributed by atoms with Crippen molar-refractivity contribution in [3.63, 3.8) is 0 Å². The summed E-state index contributed by atoms with van der Waals surface area (Å²) >= 11 is 0. The molecule has 1 aliphatic heterocycles. The molecule has 0 radical (unpaired) electrons. The molecule has 1 aliphatic rings. The number of hydrogen-bond acceptors (Lipinski definition) is 3. The van der Waals surface area contributed by atoms with E-state index in [0.29, 0.717) is 5.69 Å². The molecule has 2 atom stereocenters. The molecule has 1 aromatic rings. The third-order valence-corrected chi connectivity index (χ3v) is 3.00. The summed E-state index contributed by atoms with van der Waals surface area (Å²) in [5, 5.41) is 5.45. The van der Waals surface area contributed by atoms with Crippen LogP contribution in [-0.4, -0.2) is 24.2 Å². The molecule has 2 unspecified atom stereocenters. The van der Waals surface area contributed by atoms with Crippen LogP contribution in [0.25, 0.3) is 0 Å². The van der Waals surface area contributed by atoms with Crippen molar-refractivity contribution >= 4 is 11.7 Å². The second-order valence-electron chi connectivity index (χ2n) is 4.50. The van der Waals surface area contributed by atoms with E-state index in [0.717, 1.165) is 0 Å². The van der Waals surface area contributed by atoms with Crippen molar-refractivity contribution in [3.05, 3.63) is 30.1 Å². The molecule has 0 spiro atoms. The Labute approximate surface area is 105 Å². The number of carbonyl (C=O) groups excluding carboxylic acids is 1. The van der Waals surface area contributed by atoms with Crippen LogP contribution in [0.4, 0.5) is 14.9 Å². The number of halogens is 1. The van der Waals surface area contributed by atoms with Gasteiger partial charge >= 0.3 is 6.03 Å². The molecule has 1 saturated heterocycles. The van der Waals surface area contributed by atoms with E-state index < -0.39 is 0 Å². The van der Waals surface area contributed by atoms with E-state index in [-0.39, 0.29) is 30.0 Å². The third kappa shape index (κ3) is 2.96. The van der Waals surface area contributed by atoms with Crippen molar-refractivity contribution in [2.75, 3.05) is 5.32 Å². The number of carbonyl (C=O) groups is 1. The highest BCUT2D eigenvalue weighted by Crippen LogP contribution is 2.10.